The number of amides is 1. The molecule has 0 bridgehead atoms. The quantitative estimate of drug-likeness (QED) is 0.690. The molecule has 1 rings (SSSR count). The summed E-state index contributed by atoms with van der Waals surface area (Å²) >= 11 is 0. The van der Waals surface area contributed by atoms with E-state index in [0.717, 1.165) is 26.1 Å². The van der Waals surface area contributed by atoms with E-state index in [1.165, 1.54) is 0 Å². The SMILES string of the molecule is CCCN1CCN(C)C(CCO)C1=O. The molecule has 0 aliphatic carbocycles. The number of hydrogen-bond acceptors (Lipinski definition) is 3. The van der Waals surface area contributed by atoms with Crippen LogP contribution in [0.4, 0.5) is 0 Å². The fraction of sp³-hybridized carbons (Fsp3) is 0.900. The molecule has 1 atom stereocenters. The van der Waals surface area contributed by atoms with E-state index < -0.39 is 0 Å². The molecule has 4 nitrogen and oxygen atoms in total. The maximum absolute atomic E-state index is 11.9. The molecule has 0 spiro atoms. The molecular weight excluding hydrogens is 180 g/mol. The van der Waals surface area contributed by atoms with Crippen molar-refractivity contribution < 1.29 is 9.90 Å². The molecule has 4 heteroatoms. The zero-order valence-corrected chi connectivity index (χ0v) is 9.07. The molecule has 1 N–H and O–H groups in total. The second-order valence-electron chi connectivity index (χ2n) is 3.83. The normalized spacial score (nSPS) is 24.4. The number of carbonyl (C=O) groups is 1. The average Bonchev–Trinajstić information content (AvgIpc) is 2.17. The summed E-state index contributed by atoms with van der Waals surface area (Å²) in [5.41, 5.74) is 0. The van der Waals surface area contributed by atoms with Crippen molar-refractivity contribution in [2.24, 2.45) is 0 Å². The minimum absolute atomic E-state index is 0.0840. The molecule has 1 heterocycles. The minimum atomic E-state index is -0.111. The number of piperazine rings is 1. The van der Waals surface area contributed by atoms with Gasteiger partial charge >= 0.3 is 0 Å². The maximum atomic E-state index is 11.9. The Bertz CT molecular complexity index is 197. The standard InChI is InChI=1S/C10H20N2O2/c1-3-5-12-7-6-11(2)9(4-8-13)10(12)14/h9,13H,3-8H2,1-2H3. The van der Waals surface area contributed by atoms with Crippen molar-refractivity contribution in [3.8, 4) is 0 Å². The highest BCUT2D eigenvalue weighted by Gasteiger charge is 2.31. The maximum Gasteiger partial charge on any atom is 0.240 e. The first-order chi connectivity index (χ1) is 6.70. The monoisotopic (exact) mass is 200 g/mol. The van der Waals surface area contributed by atoms with Crippen LogP contribution in [-0.4, -0.2) is 60.1 Å². The highest BCUT2D eigenvalue weighted by atomic mass is 16.3. The molecule has 1 unspecified atom stereocenters. The van der Waals surface area contributed by atoms with E-state index >= 15 is 0 Å². The summed E-state index contributed by atoms with van der Waals surface area (Å²) in [5, 5.41) is 8.87. The summed E-state index contributed by atoms with van der Waals surface area (Å²) in [6.45, 7) is 4.74. The van der Waals surface area contributed by atoms with Gasteiger partial charge in [0, 0.05) is 26.2 Å². The first-order valence-corrected chi connectivity index (χ1v) is 5.30. The first kappa shape index (κ1) is 11.5. The minimum Gasteiger partial charge on any atom is -0.396 e. The summed E-state index contributed by atoms with van der Waals surface area (Å²) in [4.78, 5) is 15.8. The Hall–Kier alpha value is -0.610. The average molecular weight is 200 g/mol. The van der Waals surface area contributed by atoms with Crippen molar-refractivity contribution in [1.29, 1.82) is 0 Å². The smallest absolute Gasteiger partial charge is 0.240 e. The van der Waals surface area contributed by atoms with Gasteiger partial charge in [0.25, 0.3) is 0 Å². The van der Waals surface area contributed by atoms with Gasteiger partial charge in [0.15, 0.2) is 0 Å². The summed E-state index contributed by atoms with van der Waals surface area (Å²) < 4.78 is 0. The number of aliphatic hydroxyl groups excluding tert-OH is 1. The van der Waals surface area contributed by atoms with Crippen LogP contribution in [0.1, 0.15) is 19.8 Å². The first-order valence-electron chi connectivity index (χ1n) is 5.30. The molecular formula is C10H20N2O2. The third-order valence-corrected chi connectivity index (χ3v) is 2.75. The molecule has 82 valence electrons. The van der Waals surface area contributed by atoms with Gasteiger partial charge in [0.1, 0.15) is 0 Å². The van der Waals surface area contributed by atoms with Crippen molar-refractivity contribution in [3.05, 3.63) is 0 Å². The molecule has 1 amide bonds. The highest BCUT2D eigenvalue weighted by Crippen LogP contribution is 2.12. The van der Waals surface area contributed by atoms with Crippen molar-refractivity contribution >= 4 is 5.91 Å². The van der Waals surface area contributed by atoms with Gasteiger partial charge in [-0.05, 0) is 19.9 Å². The Morgan fingerprint density at radius 2 is 2.21 bits per heavy atom. The zero-order valence-electron chi connectivity index (χ0n) is 9.07. The van der Waals surface area contributed by atoms with Crippen LogP contribution >= 0.6 is 0 Å². The molecule has 0 saturated carbocycles. The summed E-state index contributed by atoms with van der Waals surface area (Å²) in [6.07, 6.45) is 1.55. The Morgan fingerprint density at radius 1 is 1.50 bits per heavy atom. The van der Waals surface area contributed by atoms with Crippen LogP contribution in [0.15, 0.2) is 0 Å². The predicted molar refractivity (Wildman–Crippen MR) is 55.0 cm³/mol. The van der Waals surface area contributed by atoms with E-state index in [4.69, 9.17) is 5.11 Å². The molecule has 1 aliphatic rings. The second-order valence-corrected chi connectivity index (χ2v) is 3.83. The summed E-state index contributed by atoms with van der Waals surface area (Å²) in [5.74, 6) is 0.176. The number of carbonyl (C=O) groups excluding carboxylic acids is 1. The van der Waals surface area contributed by atoms with Crippen LogP contribution in [-0.2, 0) is 4.79 Å². The molecule has 1 saturated heterocycles. The van der Waals surface area contributed by atoms with E-state index in [2.05, 4.69) is 6.92 Å². The van der Waals surface area contributed by atoms with E-state index in [-0.39, 0.29) is 18.6 Å². The van der Waals surface area contributed by atoms with Crippen LogP contribution in [0.2, 0.25) is 0 Å². The van der Waals surface area contributed by atoms with Crippen LogP contribution in [0, 0.1) is 0 Å². The Balaban J connectivity index is 2.57. The second kappa shape index (κ2) is 5.32. The third kappa shape index (κ3) is 2.45. The lowest BCUT2D eigenvalue weighted by atomic mass is 10.1. The van der Waals surface area contributed by atoms with Crippen molar-refractivity contribution in [1.82, 2.24) is 9.80 Å². The van der Waals surface area contributed by atoms with Gasteiger partial charge in [-0.3, -0.25) is 9.69 Å². The van der Waals surface area contributed by atoms with E-state index in [0.29, 0.717) is 6.42 Å². The van der Waals surface area contributed by atoms with E-state index in [9.17, 15) is 4.79 Å². The van der Waals surface area contributed by atoms with Gasteiger partial charge in [-0.1, -0.05) is 6.92 Å². The van der Waals surface area contributed by atoms with Crippen molar-refractivity contribution in [2.45, 2.75) is 25.8 Å². The molecule has 0 aromatic heterocycles. The number of hydrogen-bond donors (Lipinski definition) is 1. The Morgan fingerprint density at radius 3 is 2.79 bits per heavy atom. The highest BCUT2D eigenvalue weighted by molar-refractivity contribution is 5.82. The predicted octanol–water partition coefficient (Wildman–Crippen LogP) is -0.0786. The number of rotatable bonds is 4. The fourth-order valence-electron chi connectivity index (χ4n) is 1.90. The van der Waals surface area contributed by atoms with Crippen LogP contribution < -0.4 is 0 Å². The van der Waals surface area contributed by atoms with Gasteiger partial charge in [0.05, 0.1) is 6.04 Å². The number of nitrogens with zero attached hydrogens (tertiary/aromatic N) is 2. The van der Waals surface area contributed by atoms with Gasteiger partial charge in [-0.2, -0.15) is 0 Å². The van der Waals surface area contributed by atoms with Gasteiger partial charge in [-0.15, -0.1) is 0 Å². The van der Waals surface area contributed by atoms with Gasteiger partial charge < -0.3 is 10.0 Å². The zero-order chi connectivity index (χ0) is 10.6. The van der Waals surface area contributed by atoms with Gasteiger partial charge in [-0.25, -0.2) is 0 Å². The van der Waals surface area contributed by atoms with Crippen LogP contribution in [0.3, 0.4) is 0 Å². The number of aliphatic hydroxyl groups is 1. The topological polar surface area (TPSA) is 43.8 Å². The molecule has 14 heavy (non-hydrogen) atoms. The van der Waals surface area contributed by atoms with Crippen molar-refractivity contribution in [2.75, 3.05) is 33.3 Å². The lowest BCUT2D eigenvalue weighted by molar-refractivity contribution is -0.141. The van der Waals surface area contributed by atoms with Gasteiger partial charge in [0.2, 0.25) is 5.91 Å². The molecule has 0 radical (unpaired) electrons. The third-order valence-electron chi connectivity index (χ3n) is 2.75. The molecule has 1 aliphatic heterocycles. The fourth-order valence-corrected chi connectivity index (χ4v) is 1.90. The van der Waals surface area contributed by atoms with Crippen molar-refractivity contribution in [3.63, 3.8) is 0 Å². The van der Waals surface area contributed by atoms with E-state index in [1.807, 2.05) is 16.8 Å². The largest absolute Gasteiger partial charge is 0.396 e. The Kier molecular flexibility index (Phi) is 4.35. The lowest BCUT2D eigenvalue weighted by Gasteiger charge is -2.38. The molecule has 1 fully saturated rings. The molecule has 0 aromatic rings. The van der Waals surface area contributed by atoms with Crippen LogP contribution in [0.25, 0.3) is 0 Å². The summed E-state index contributed by atoms with van der Waals surface area (Å²) in [7, 11) is 1.95. The molecule has 0 aromatic carbocycles. The number of likely N-dealkylation sites (N-methyl/N-ethyl adjacent to an activating group) is 1. The lowest BCUT2D eigenvalue weighted by Crippen LogP contribution is -2.55. The Labute approximate surface area is 85.5 Å². The van der Waals surface area contributed by atoms with E-state index in [1.54, 1.807) is 0 Å². The van der Waals surface area contributed by atoms with Crippen LogP contribution in [0.5, 0.6) is 0 Å². The summed E-state index contributed by atoms with van der Waals surface area (Å²) in [6, 6.07) is -0.111.